The minimum atomic E-state index is -0.815. The zero-order chi connectivity index (χ0) is 30.4. The SMILES string of the molecule is CCCCN1CC[C@@H]2CC(C1=O)N(C(=O)[C@@H](NC(=O)[C@@H](NC(=O)C1=CC(CC)C=CN1)C1CCCCC1)C(C)(C)C)C2. The first-order valence-corrected chi connectivity index (χ1v) is 16.4. The summed E-state index contributed by atoms with van der Waals surface area (Å²) in [4.78, 5) is 58.8. The lowest BCUT2D eigenvalue weighted by Gasteiger charge is -2.39. The summed E-state index contributed by atoms with van der Waals surface area (Å²) in [5, 5.41) is 9.17. The van der Waals surface area contributed by atoms with Gasteiger partial charge in [0, 0.05) is 19.6 Å². The third-order valence-corrected chi connectivity index (χ3v) is 9.63. The highest BCUT2D eigenvalue weighted by Crippen LogP contribution is 2.34. The Balaban J connectivity index is 1.53. The van der Waals surface area contributed by atoms with Crippen molar-refractivity contribution in [2.75, 3.05) is 19.6 Å². The van der Waals surface area contributed by atoms with Crippen molar-refractivity contribution < 1.29 is 19.2 Å². The van der Waals surface area contributed by atoms with Crippen molar-refractivity contribution in [1.29, 1.82) is 0 Å². The molecule has 3 heterocycles. The molecule has 0 aromatic carbocycles. The predicted molar refractivity (Wildman–Crippen MR) is 164 cm³/mol. The third-order valence-electron chi connectivity index (χ3n) is 9.63. The normalized spacial score (nSPS) is 26.2. The van der Waals surface area contributed by atoms with Crippen molar-refractivity contribution in [3.63, 3.8) is 0 Å². The number of nitrogens with zero attached hydrogens (tertiary/aromatic N) is 2. The molecular formula is C33H53N5O4. The number of rotatable bonds is 10. The van der Waals surface area contributed by atoms with E-state index in [2.05, 4.69) is 29.8 Å². The summed E-state index contributed by atoms with van der Waals surface area (Å²) < 4.78 is 0. The van der Waals surface area contributed by atoms with Gasteiger partial charge in [-0.05, 0) is 74.0 Å². The van der Waals surface area contributed by atoms with Crippen molar-refractivity contribution in [3.8, 4) is 0 Å². The van der Waals surface area contributed by atoms with E-state index in [-0.39, 0.29) is 41.4 Å². The molecule has 9 heteroatoms. The number of allylic oxidation sites excluding steroid dienone is 2. The first kappa shape index (κ1) is 32.1. The van der Waals surface area contributed by atoms with Crippen LogP contribution in [0.4, 0.5) is 0 Å². The Morgan fingerprint density at radius 1 is 1.07 bits per heavy atom. The first-order chi connectivity index (χ1) is 20.0. The predicted octanol–water partition coefficient (Wildman–Crippen LogP) is 3.86. The first-order valence-electron chi connectivity index (χ1n) is 16.4. The van der Waals surface area contributed by atoms with Gasteiger partial charge in [-0.3, -0.25) is 19.2 Å². The van der Waals surface area contributed by atoms with Crippen molar-refractivity contribution >= 4 is 23.6 Å². The molecule has 1 aliphatic carbocycles. The van der Waals surface area contributed by atoms with E-state index in [1.807, 2.05) is 37.8 Å². The fourth-order valence-corrected chi connectivity index (χ4v) is 6.94. The van der Waals surface area contributed by atoms with Crippen molar-refractivity contribution in [2.45, 2.75) is 117 Å². The van der Waals surface area contributed by atoms with Gasteiger partial charge < -0.3 is 25.8 Å². The Hall–Kier alpha value is -2.84. The second-order valence-corrected chi connectivity index (χ2v) is 13.9. The molecule has 4 amide bonds. The maximum Gasteiger partial charge on any atom is 0.268 e. The number of unbranched alkanes of at least 4 members (excludes halogenated alkanes) is 1. The van der Waals surface area contributed by atoms with Gasteiger partial charge >= 0.3 is 0 Å². The van der Waals surface area contributed by atoms with Crippen LogP contribution in [0.15, 0.2) is 24.0 Å². The summed E-state index contributed by atoms with van der Waals surface area (Å²) in [7, 11) is 0. The highest BCUT2D eigenvalue weighted by atomic mass is 16.2. The minimum absolute atomic E-state index is 0.00309. The Morgan fingerprint density at radius 3 is 2.48 bits per heavy atom. The monoisotopic (exact) mass is 583 g/mol. The maximum absolute atomic E-state index is 14.2. The molecule has 4 rings (SSSR count). The molecule has 0 aromatic rings. The lowest BCUT2D eigenvalue weighted by atomic mass is 9.82. The average Bonchev–Trinajstić information content (AvgIpc) is 3.35. The van der Waals surface area contributed by atoms with Gasteiger partial charge in [-0.1, -0.05) is 66.4 Å². The molecule has 42 heavy (non-hydrogen) atoms. The molecule has 4 aliphatic rings. The van der Waals surface area contributed by atoms with Gasteiger partial charge in [0.15, 0.2) is 0 Å². The van der Waals surface area contributed by atoms with E-state index in [4.69, 9.17) is 0 Å². The van der Waals surface area contributed by atoms with E-state index in [0.29, 0.717) is 18.7 Å². The van der Waals surface area contributed by atoms with Gasteiger partial charge in [0.1, 0.15) is 23.8 Å². The third kappa shape index (κ3) is 7.56. The smallest absolute Gasteiger partial charge is 0.268 e. The molecule has 234 valence electrons. The molecule has 3 aliphatic heterocycles. The van der Waals surface area contributed by atoms with Crippen LogP contribution < -0.4 is 16.0 Å². The topological polar surface area (TPSA) is 111 Å². The van der Waals surface area contributed by atoms with E-state index in [1.165, 1.54) is 0 Å². The Labute approximate surface area is 252 Å². The average molecular weight is 584 g/mol. The van der Waals surface area contributed by atoms with Crippen LogP contribution in [0.5, 0.6) is 0 Å². The molecule has 2 bridgehead atoms. The summed E-state index contributed by atoms with van der Waals surface area (Å²) >= 11 is 0. The Kier molecular flexibility index (Phi) is 10.8. The van der Waals surface area contributed by atoms with Crippen molar-refractivity contribution in [3.05, 3.63) is 24.0 Å². The number of hydrogen-bond donors (Lipinski definition) is 3. The number of fused-ring (bicyclic) bond motifs is 2. The maximum atomic E-state index is 14.2. The zero-order valence-electron chi connectivity index (χ0n) is 26.4. The van der Waals surface area contributed by atoms with Crippen LogP contribution in [0.3, 0.4) is 0 Å². The van der Waals surface area contributed by atoms with Crippen molar-refractivity contribution in [2.24, 2.45) is 23.2 Å². The molecule has 5 atom stereocenters. The molecule has 0 aromatic heterocycles. The zero-order valence-corrected chi connectivity index (χ0v) is 26.4. The number of carbonyl (C=O) groups excluding carboxylic acids is 4. The van der Waals surface area contributed by atoms with Crippen molar-refractivity contribution in [1.82, 2.24) is 25.8 Å². The van der Waals surface area contributed by atoms with Gasteiger partial charge in [0.25, 0.3) is 5.91 Å². The lowest BCUT2D eigenvalue weighted by Crippen LogP contribution is -2.62. The molecule has 0 spiro atoms. The number of amides is 4. The summed E-state index contributed by atoms with van der Waals surface area (Å²) in [6, 6.07) is -2.03. The highest BCUT2D eigenvalue weighted by Gasteiger charge is 2.48. The second kappa shape index (κ2) is 14.1. The molecule has 2 saturated heterocycles. The largest absolute Gasteiger partial charge is 0.358 e. The van der Waals surface area contributed by atoms with Crippen LogP contribution in [0.25, 0.3) is 0 Å². The number of hydrogen-bond acceptors (Lipinski definition) is 5. The van der Waals surface area contributed by atoms with E-state index >= 15 is 0 Å². The molecule has 3 fully saturated rings. The van der Waals surface area contributed by atoms with Gasteiger partial charge in [0.05, 0.1) is 0 Å². The second-order valence-electron chi connectivity index (χ2n) is 13.9. The summed E-state index contributed by atoms with van der Waals surface area (Å²) in [6.45, 7) is 12.1. The minimum Gasteiger partial charge on any atom is -0.358 e. The summed E-state index contributed by atoms with van der Waals surface area (Å²) in [6.07, 6.45) is 15.0. The van der Waals surface area contributed by atoms with Crippen LogP contribution in [0.2, 0.25) is 0 Å². The van der Waals surface area contributed by atoms with Gasteiger partial charge in [-0.15, -0.1) is 0 Å². The van der Waals surface area contributed by atoms with Crippen LogP contribution in [-0.4, -0.2) is 71.2 Å². The highest BCUT2D eigenvalue weighted by molar-refractivity contribution is 5.98. The fraction of sp³-hybridized carbons (Fsp3) is 0.758. The molecule has 2 unspecified atom stereocenters. The van der Waals surface area contributed by atoms with Crippen LogP contribution in [-0.2, 0) is 19.2 Å². The van der Waals surface area contributed by atoms with Gasteiger partial charge in [-0.2, -0.15) is 0 Å². The Bertz CT molecular complexity index is 1060. The van der Waals surface area contributed by atoms with E-state index in [9.17, 15) is 19.2 Å². The molecular weight excluding hydrogens is 530 g/mol. The number of likely N-dealkylation sites (tertiary alicyclic amines) is 2. The van der Waals surface area contributed by atoms with E-state index in [0.717, 1.165) is 70.9 Å². The fourth-order valence-electron chi connectivity index (χ4n) is 6.94. The standard InChI is InChI=1S/C33H53N5O4/c1-6-8-17-37-18-15-23-20-26(31(37)41)38(21-23)32(42)28(33(3,4)5)36-30(40)27(24-12-10-9-11-13-24)35-29(39)25-19-22(7-2)14-16-34-25/h14,16,19,22-24,26-28,34H,6-13,15,17-18,20-21H2,1-5H3,(H,35,39)(H,36,40)/t22?,23-,26?,27+,28-/m1/s1. The quantitative estimate of drug-likeness (QED) is 0.362. The number of carbonyl (C=O) groups is 4. The summed E-state index contributed by atoms with van der Waals surface area (Å²) in [5.41, 5.74) is -0.133. The summed E-state index contributed by atoms with van der Waals surface area (Å²) in [5.74, 6) is -0.323. The number of dihydropyridines is 1. The van der Waals surface area contributed by atoms with Crippen LogP contribution >= 0.6 is 0 Å². The van der Waals surface area contributed by atoms with E-state index in [1.54, 1.807) is 11.1 Å². The van der Waals surface area contributed by atoms with Crippen LogP contribution in [0.1, 0.15) is 98.8 Å². The number of nitrogens with one attached hydrogen (secondary N) is 3. The Morgan fingerprint density at radius 2 is 1.81 bits per heavy atom. The molecule has 9 nitrogen and oxygen atoms in total. The van der Waals surface area contributed by atoms with Gasteiger partial charge in [0.2, 0.25) is 17.7 Å². The molecule has 1 saturated carbocycles. The molecule has 0 radical (unpaired) electrons. The molecule has 3 N–H and O–H groups in total. The lowest BCUT2D eigenvalue weighted by molar-refractivity contribution is -0.148. The van der Waals surface area contributed by atoms with Crippen LogP contribution in [0, 0.1) is 23.2 Å². The van der Waals surface area contributed by atoms with E-state index < -0.39 is 23.5 Å². The van der Waals surface area contributed by atoms with Gasteiger partial charge in [-0.25, -0.2) is 0 Å².